The first kappa shape index (κ1) is 19.4. The van der Waals surface area contributed by atoms with E-state index < -0.39 is 0 Å². The Morgan fingerprint density at radius 1 is 0.750 bits per heavy atom. The van der Waals surface area contributed by atoms with Gasteiger partial charge in [0.1, 0.15) is 0 Å². The van der Waals surface area contributed by atoms with Crippen LogP contribution in [0.3, 0.4) is 0 Å². The number of nitrogens with zero attached hydrogens (tertiary/aromatic N) is 2. The molecule has 0 aromatic rings. The van der Waals surface area contributed by atoms with E-state index in [2.05, 4.69) is 13.8 Å². The molecule has 0 aliphatic carbocycles. The number of hydrogen-bond acceptors (Lipinski definition) is 1. The fourth-order valence-corrected chi connectivity index (χ4v) is 3.46. The lowest BCUT2D eigenvalue weighted by Gasteiger charge is -2.33. The summed E-state index contributed by atoms with van der Waals surface area (Å²) in [6.07, 6.45) is 16.1. The van der Waals surface area contributed by atoms with Crippen LogP contribution in [0.15, 0.2) is 0 Å². The lowest BCUT2D eigenvalue weighted by Crippen LogP contribution is -2.45. The van der Waals surface area contributed by atoms with E-state index in [0.717, 1.165) is 0 Å². The molecule has 0 aromatic heterocycles. The summed E-state index contributed by atoms with van der Waals surface area (Å²) in [5, 5.41) is 6.25. The van der Waals surface area contributed by atoms with Gasteiger partial charge in [-0.25, -0.2) is 0 Å². The van der Waals surface area contributed by atoms with Gasteiger partial charge in [0.25, 0.3) is 0 Å². The summed E-state index contributed by atoms with van der Waals surface area (Å²) in [5.41, 5.74) is 0. The average molecular weight is 280 g/mol. The molecule has 118 valence electrons. The maximum atomic E-state index is 6.25. The quantitative estimate of drug-likeness (QED) is 0.288. The molecule has 0 saturated carbocycles. The normalized spacial score (nSPS) is 16.6. The minimum absolute atomic E-state index is 1.37. The third-order valence-corrected chi connectivity index (χ3v) is 4.92. The number of likely N-dealkylation sites (tertiary alicyclic amines) is 1. The Hall–Kier alpha value is -0.550. The van der Waals surface area contributed by atoms with E-state index in [9.17, 15) is 0 Å². The van der Waals surface area contributed by atoms with Crippen molar-refractivity contribution in [2.75, 3.05) is 26.2 Å². The van der Waals surface area contributed by atoms with Gasteiger partial charge in [-0.05, 0) is 19.8 Å². The Labute approximate surface area is 127 Å². The second-order valence-electron chi connectivity index (χ2n) is 6.36. The molecule has 0 unspecified atom stereocenters. The summed E-state index contributed by atoms with van der Waals surface area (Å²) in [7, 11) is 0. The van der Waals surface area contributed by atoms with Gasteiger partial charge in [0, 0.05) is 12.8 Å². The van der Waals surface area contributed by atoms with Crippen molar-refractivity contribution in [3.8, 4) is 0 Å². The largest absolute Gasteiger partial charge is 0.512 e. The summed E-state index contributed by atoms with van der Waals surface area (Å²) < 4.78 is 1.44. The van der Waals surface area contributed by atoms with Crippen LogP contribution in [0, 0.1) is 11.8 Å². The highest BCUT2D eigenvalue weighted by Crippen LogP contribution is 2.20. The molecule has 1 rings (SSSR count). The third-order valence-electron chi connectivity index (χ3n) is 4.92. The fraction of sp³-hybridized carbons (Fsp3) is 0.944. The molecule has 0 amide bonds. The number of rotatable bonds is 11. The van der Waals surface area contributed by atoms with Gasteiger partial charge in [0.2, 0.25) is 0 Å². The van der Waals surface area contributed by atoms with E-state index in [0.29, 0.717) is 0 Å². The minimum Gasteiger partial charge on any atom is -0.512 e. The fourth-order valence-electron chi connectivity index (χ4n) is 3.46. The topological polar surface area (TPSA) is 23.8 Å². The van der Waals surface area contributed by atoms with E-state index in [1.165, 1.54) is 101 Å². The van der Waals surface area contributed by atoms with Crippen LogP contribution in [0.1, 0.15) is 84.5 Å². The van der Waals surface area contributed by atoms with Gasteiger partial charge >= 0.3 is 0 Å². The molecule has 2 heteroatoms. The standard InChI is InChI=1S/C17H36N.CN/c1-3-5-6-7-8-9-10-11-12-15-18(4-2)16-13-14-17-18;1-2/h3-17H2,1-2H3;/q+1;-1. The van der Waals surface area contributed by atoms with Crippen LogP contribution in [-0.4, -0.2) is 30.7 Å². The summed E-state index contributed by atoms with van der Waals surface area (Å²) in [4.78, 5) is 0. The molecule has 0 atom stereocenters. The SMILES string of the molecule is CCCCCCCCCCC[N+]1(CC)CCCC1.[C-]#N. The van der Waals surface area contributed by atoms with Gasteiger partial charge in [-0.3, -0.25) is 0 Å². The molecule has 0 N–H and O–H groups in total. The molecular weight excluding hydrogens is 244 g/mol. The first-order valence-corrected chi connectivity index (χ1v) is 8.90. The number of hydrogen-bond donors (Lipinski definition) is 0. The highest BCUT2D eigenvalue weighted by atomic mass is 15.4. The first-order valence-electron chi connectivity index (χ1n) is 8.90. The molecule has 0 radical (unpaired) electrons. The predicted octanol–water partition coefficient (Wildman–Crippen LogP) is 5.24. The van der Waals surface area contributed by atoms with Crippen molar-refractivity contribution >= 4 is 0 Å². The Morgan fingerprint density at radius 2 is 1.20 bits per heavy atom. The van der Waals surface area contributed by atoms with Gasteiger partial charge < -0.3 is 16.3 Å². The maximum Gasteiger partial charge on any atom is 0.0788 e. The Balaban J connectivity index is 0.00000172. The molecule has 0 spiro atoms. The van der Waals surface area contributed by atoms with Crippen molar-refractivity contribution in [3.63, 3.8) is 0 Å². The van der Waals surface area contributed by atoms with Crippen molar-refractivity contribution in [3.05, 3.63) is 6.57 Å². The van der Waals surface area contributed by atoms with Gasteiger partial charge in [-0.15, -0.1) is 0 Å². The van der Waals surface area contributed by atoms with Gasteiger partial charge in [0.05, 0.1) is 26.2 Å². The van der Waals surface area contributed by atoms with Crippen LogP contribution >= 0.6 is 0 Å². The monoisotopic (exact) mass is 280 g/mol. The highest BCUT2D eigenvalue weighted by Gasteiger charge is 2.28. The molecular formula is C18H36N2. The summed E-state index contributed by atoms with van der Waals surface area (Å²) in [6, 6.07) is 0. The van der Waals surface area contributed by atoms with Crippen molar-refractivity contribution < 1.29 is 4.48 Å². The molecule has 1 saturated heterocycles. The summed E-state index contributed by atoms with van der Waals surface area (Å²) >= 11 is 0. The van der Waals surface area contributed by atoms with E-state index >= 15 is 0 Å². The van der Waals surface area contributed by atoms with E-state index in [1.54, 1.807) is 0 Å². The lowest BCUT2D eigenvalue weighted by atomic mass is 10.1. The van der Waals surface area contributed by atoms with Crippen LogP contribution in [0.25, 0.3) is 0 Å². The molecule has 1 aliphatic heterocycles. The summed E-state index contributed by atoms with van der Waals surface area (Å²) in [6.45, 7) is 15.2. The van der Waals surface area contributed by atoms with Gasteiger partial charge in [-0.1, -0.05) is 51.9 Å². The number of quaternary nitrogens is 1. The van der Waals surface area contributed by atoms with Crippen LogP contribution in [0.4, 0.5) is 0 Å². The molecule has 2 nitrogen and oxygen atoms in total. The molecule has 20 heavy (non-hydrogen) atoms. The van der Waals surface area contributed by atoms with Crippen molar-refractivity contribution in [1.82, 2.24) is 0 Å². The van der Waals surface area contributed by atoms with Crippen molar-refractivity contribution in [2.24, 2.45) is 0 Å². The third kappa shape index (κ3) is 8.59. The van der Waals surface area contributed by atoms with Crippen molar-refractivity contribution in [2.45, 2.75) is 84.5 Å². The second-order valence-corrected chi connectivity index (χ2v) is 6.36. The molecule has 0 aromatic carbocycles. The van der Waals surface area contributed by atoms with E-state index in [4.69, 9.17) is 11.8 Å². The van der Waals surface area contributed by atoms with Crippen molar-refractivity contribution in [1.29, 1.82) is 5.26 Å². The predicted molar refractivity (Wildman–Crippen MR) is 86.8 cm³/mol. The zero-order chi connectivity index (χ0) is 15.1. The average Bonchev–Trinajstić information content (AvgIpc) is 2.97. The first-order chi connectivity index (χ1) is 9.83. The van der Waals surface area contributed by atoms with Crippen LogP contribution in [0.2, 0.25) is 0 Å². The van der Waals surface area contributed by atoms with Gasteiger partial charge in [0.15, 0.2) is 0 Å². The molecule has 1 aliphatic rings. The second kappa shape index (κ2) is 13.4. The Kier molecular flexibility index (Phi) is 13.1. The molecule has 1 heterocycles. The minimum atomic E-state index is 1.37. The van der Waals surface area contributed by atoms with Gasteiger partial charge in [-0.2, -0.15) is 0 Å². The summed E-state index contributed by atoms with van der Waals surface area (Å²) in [5.74, 6) is 0. The Morgan fingerprint density at radius 3 is 1.65 bits per heavy atom. The zero-order valence-electron chi connectivity index (χ0n) is 14.0. The lowest BCUT2D eigenvalue weighted by molar-refractivity contribution is -0.915. The van der Waals surface area contributed by atoms with E-state index in [-0.39, 0.29) is 0 Å². The van der Waals surface area contributed by atoms with E-state index in [1.807, 2.05) is 0 Å². The molecule has 1 fully saturated rings. The molecule has 0 bridgehead atoms. The number of unbranched alkanes of at least 4 members (excludes halogenated alkanes) is 8. The Bertz CT molecular complexity index is 217. The van der Waals surface area contributed by atoms with Crippen LogP contribution in [0.5, 0.6) is 0 Å². The maximum absolute atomic E-state index is 6.25. The smallest absolute Gasteiger partial charge is 0.0788 e. The zero-order valence-corrected chi connectivity index (χ0v) is 14.0. The van der Waals surface area contributed by atoms with Crippen LogP contribution in [-0.2, 0) is 0 Å². The van der Waals surface area contributed by atoms with Crippen LogP contribution < -0.4 is 0 Å². The highest BCUT2D eigenvalue weighted by molar-refractivity contribution is 4.55.